The van der Waals surface area contributed by atoms with Crippen molar-refractivity contribution in [2.75, 3.05) is 6.54 Å². The number of nitrogens with zero attached hydrogens (tertiary/aromatic N) is 5. The Labute approximate surface area is 138 Å². The number of aromatic nitrogens is 4. The second-order valence-corrected chi connectivity index (χ2v) is 5.57. The zero-order valence-corrected chi connectivity index (χ0v) is 12.9. The summed E-state index contributed by atoms with van der Waals surface area (Å²) in [5.41, 5.74) is 1.21. The number of benzene rings is 1. The standard InChI is InChI=1S/C17H15N5O2/c23-17(13-11-18-8-9-19-13)22-10-4-7-14(22)16-20-15(21-24-16)12-5-2-1-3-6-12/h1-3,5-6,8-9,11,14H,4,7,10H2/t14-/m1/s1. The predicted molar refractivity (Wildman–Crippen MR) is 84.8 cm³/mol. The first-order chi connectivity index (χ1) is 11.8. The molecule has 1 aliphatic heterocycles. The van der Waals surface area contributed by atoms with Gasteiger partial charge in [-0.15, -0.1) is 0 Å². The summed E-state index contributed by atoms with van der Waals surface area (Å²) in [7, 11) is 0. The minimum absolute atomic E-state index is 0.162. The smallest absolute Gasteiger partial charge is 0.274 e. The summed E-state index contributed by atoms with van der Waals surface area (Å²) in [6.07, 6.45) is 6.21. The summed E-state index contributed by atoms with van der Waals surface area (Å²) in [6.45, 7) is 0.642. The third-order valence-electron chi connectivity index (χ3n) is 4.05. The van der Waals surface area contributed by atoms with Gasteiger partial charge >= 0.3 is 0 Å². The lowest BCUT2D eigenvalue weighted by Crippen LogP contribution is -2.31. The van der Waals surface area contributed by atoms with Crippen molar-refractivity contribution in [1.29, 1.82) is 0 Å². The number of hydrogen-bond donors (Lipinski definition) is 0. The van der Waals surface area contributed by atoms with Gasteiger partial charge in [0.2, 0.25) is 11.7 Å². The molecular weight excluding hydrogens is 306 g/mol. The maximum absolute atomic E-state index is 12.6. The topological polar surface area (TPSA) is 85.0 Å². The number of likely N-dealkylation sites (tertiary alicyclic amines) is 1. The van der Waals surface area contributed by atoms with Gasteiger partial charge in [0.1, 0.15) is 11.7 Å². The van der Waals surface area contributed by atoms with Crippen LogP contribution in [0.5, 0.6) is 0 Å². The summed E-state index contributed by atoms with van der Waals surface area (Å²) >= 11 is 0. The van der Waals surface area contributed by atoms with Crippen LogP contribution in [0.2, 0.25) is 0 Å². The largest absolute Gasteiger partial charge is 0.337 e. The van der Waals surface area contributed by atoms with Crippen LogP contribution in [-0.2, 0) is 0 Å². The van der Waals surface area contributed by atoms with Gasteiger partial charge in [-0.3, -0.25) is 9.78 Å². The fourth-order valence-corrected chi connectivity index (χ4v) is 2.90. The van der Waals surface area contributed by atoms with Crippen molar-refractivity contribution in [3.05, 3.63) is 60.5 Å². The molecule has 1 aliphatic rings. The van der Waals surface area contributed by atoms with E-state index in [1.165, 1.54) is 12.4 Å². The number of hydrogen-bond acceptors (Lipinski definition) is 6. The lowest BCUT2D eigenvalue weighted by Gasteiger charge is -2.21. The van der Waals surface area contributed by atoms with E-state index >= 15 is 0 Å². The number of amides is 1. The van der Waals surface area contributed by atoms with Gasteiger partial charge < -0.3 is 9.42 Å². The monoisotopic (exact) mass is 321 g/mol. The molecule has 0 aliphatic carbocycles. The van der Waals surface area contributed by atoms with Crippen molar-refractivity contribution >= 4 is 5.91 Å². The van der Waals surface area contributed by atoms with Gasteiger partial charge in [0.15, 0.2) is 0 Å². The SMILES string of the molecule is O=C(c1cnccn1)N1CCC[C@@H]1c1nc(-c2ccccc2)no1. The zero-order chi connectivity index (χ0) is 16.4. The summed E-state index contributed by atoms with van der Waals surface area (Å²) < 4.78 is 5.43. The van der Waals surface area contributed by atoms with Gasteiger partial charge in [0, 0.05) is 24.5 Å². The van der Waals surface area contributed by atoms with Crippen LogP contribution in [0.25, 0.3) is 11.4 Å². The molecule has 120 valence electrons. The van der Waals surface area contributed by atoms with Gasteiger partial charge in [-0.05, 0) is 12.8 Å². The van der Waals surface area contributed by atoms with Crippen molar-refractivity contribution in [2.45, 2.75) is 18.9 Å². The van der Waals surface area contributed by atoms with E-state index in [0.29, 0.717) is 24.0 Å². The molecule has 3 aromatic rings. The Morgan fingerprint density at radius 2 is 2.08 bits per heavy atom. The molecule has 0 bridgehead atoms. The Bertz CT molecular complexity index is 834. The average molecular weight is 321 g/mol. The molecule has 24 heavy (non-hydrogen) atoms. The predicted octanol–water partition coefficient (Wildman–Crippen LogP) is 2.50. The molecule has 7 heteroatoms. The number of carbonyl (C=O) groups excluding carboxylic acids is 1. The van der Waals surface area contributed by atoms with Crippen molar-refractivity contribution in [2.24, 2.45) is 0 Å². The third kappa shape index (κ3) is 2.64. The number of rotatable bonds is 3. The first-order valence-corrected chi connectivity index (χ1v) is 7.79. The van der Waals surface area contributed by atoms with Crippen molar-refractivity contribution in [1.82, 2.24) is 25.0 Å². The molecule has 1 amide bonds. The molecule has 0 saturated carbocycles. The van der Waals surface area contributed by atoms with E-state index in [2.05, 4.69) is 20.1 Å². The Hall–Kier alpha value is -3.09. The minimum atomic E-state index is -0.218. The molecule has 1 atom stereocenters. The fourth-order valence-electron chi connectivity index (χ4n) is 2.90. The molecule has 7 nitrogen and oxygen atoms in total. The van der Waals surface area contributed by atoms with E-state index in [4.69, 9.17) is 4.52 Å². The van der Waals surface area contributed by atoms with E-state index in [1.54, 1.807) is 11.1 Å². The van der Waals surface area contributed by atoms with Gasteiger partial charge in [-0.1, -0.05) is 35.5 Å². The first kappa shape index (κ1) is 14.5. The maximum Gasteiger partial charge on any atom is 0.274 e. The van der Waals surface area contributed by atoms with Crippen LogP contribution >= 0.6 is 0 Å². The van der Waals surface area contributed by atoms with Crippen molar-refractivity contribution < 1.29 is 9.32 Å². The lowest BCUT2D eigenvalue weighted by molar-refractivity contribution is 0.0703. The van der Waals surface area contributed by atoms with E-state index in [1.807, 2.05) is 30.3 Å². The van der Waals surface area contributed by atoms with E-state index in [0.717, 1.165) is 18.4 Å². The first-order valence-electron chi connectivity index (χ1n) is 7.79. The Morgan fingerprint density at radius 3 is 2.88 bits per heavy atom. The molecule has 0 unspecified atom stereocenters. The second-order valence-electron chi connectivity index (χ2n) is 5.57. The highest BCUT2D eigenvalue weighted by molar-refractivity contribution is 5.92. The molecule has 1 aromatic carbocycles. The maximum atomic E-state index is 12.6. The van der Waals surface area contributed by atoms with Crippen LogP contribution in [-0.4, -0.2) is 37.5 Å². The van der Waals surface area contributed by atoms with Crippen LogP contribution in [0, 0.1) is 0 Å². The highest BCUT2D eigenvalue weighted by Crippen LogP contribution is 2.32. The van der Waals surface area contributed by atoms with Crippen LogP contribution in [0.3, 0.4) is 0 Å². The summed E-state index contributed by atoms with van der Waals surface area (Å²) in [5.74, 6) is 0.832. The van der Waals surface area contributed by atoms with Crippen LogP contribution in [0.1, 0.15) is 35.3 Å². The van der Waals surface area contributed by atoms with Crippen LogP contribution < -0.4 is 0 Å². The fraction of sp³-hybridized carbons (Fsp3) is 0.235. The van der Waals surface area contributed by atoms with E-state index < -0.39 is 0 Å². The molecule has 4 rings (SSSR count). The molecule has 0 N–H and O–H groups in total. The minimum Gasteiger partial charge on any atom is -0.337 e. The lowest BCUT2D eigenvalue weighted by atomic mass is 10.2. The Balaban J connectivity index is 1.60. The Morgan fingerprint density at radius 1 is 1.21 bits per heavy atom. The van der Waals surface area contributed by atoms with E-state index in [9.17, 15) is 4.79 Å². The quantitative estimate of drug-likeness (QED) is 0.737. The molecule has 1 fully saturated rings. The van der Waals surface area contributed by atoms with Crippen molar-refractivity contribution in [3.63, 3.8) is 0 Å². The van der Waals surface area contributed by atoms with Gasteiger partial charge in [0.05, 0.1) is 6.20 Å². The van der Waals surface area contributed by atoms with Crippen LogP contribution in [0.4, 0.5) is 0 Å². The number of carbonyl (C=O) groups is 1. The summed E-state index contributed by atoms with van der Waals surface area (Å²) in [6, 6.07) is 9.40. The van der Waals surface area contributed by atoms with Gasteiger partial charge in [-0.2, -0.15) is 4.98 Å². The van der Waals surface area contributed by atoms with E-state index in [-0.39, 0.29) is 11.9 Å². The van der Waals surface area contributed by atoms with Gasteiger partial charge in [-0.25, -0.2) is 4.98 Å². The van der Waals surface area contributed by atoms with Crippen molar-refractivity contribution in [3.8, 4) is 11.4 Å². The molecular formula is C17H15N5O2. The molecule has 1 saturated heterocycles. The zero-order valence-electron chi connectivity index (χ0n) is 12.9. The van der Waals surface area contributed by atoms with Crippen LogP contribution in [0.15, 0.2) is 53.4 Å². The van der Waals surface area contributed by atoms with Gasteiger partial charge in [0.25, 0.3) is 5.91 Å². The molecule has 0 spiro atoms. The molecule has 2 aromatic heterocycles. The average Bonchev–Trinajstić information content (AvgIpc) is 3.32. The third-order valence-corrected chi connectivity index (χ3v) is 4.05. The molecule has 3 heterocycles. The summed E-state index contributed by atoms with van der Waals surface area (Å²) in [5, 5.41) is 4.05. The Kier molecular flexibility index (Phi) is 3.74. The normalized spacial score (nSPS) is 17.2. The molecule has 0 radical (unpaired) electrons. The second kappa shape index (κ2) is 6.19. The highest BCUT2D eigenvalue weighted by Gasteiger charge is 2.35. The summed E-state index contributed by atoms with van der Waals surface area (Å²) in [4.78, 5) is 26.9. The highest BCUT2D eigenvalue weighted by atomic mass is 16.5.